The van der Waals surface area contributed by atoms with Crippen LogP contribution in [0.25, 0.3) is 10.9 Å². The lowest BCUT2D eigenvalue weighted by molar-refractivity contribution is -0.150. The Balaban J connectivity index is 1.39. The molecular weight excluding hydrogens is 380 g/mol. The van der Waals surface area contributed by atoms with E-state index in [0.29, 0.717) is 18.7 Å². The lowest BCUT2D eigenvalue weighted by Gasteiger charge is -2.14. The van der Waals surface area contributed by atoms with E-state index in [2.05, 4.69) is 24.1 Å². The molecule has 0 radical (unpaired) electrons. The van der Waals surface area contributed by atoms with Crippen molar-refractivity contribution in [3.05, 3.63) is 65.4 Å². The van der Waals surface area contributed by atoms with Crippen LogP contribution < -0.4 is 10.1 Å². The molecule has 1 heterocycles. The van der Waals surface area contributed by atoms with E-state index in [9.17, 15) is 9.59 Å². The summed E-state index contributed by atoms with van der Waals surface area (Å²) in [5, 5.41) is 3.92. The third-order valence-electron chi connectivity index (χ3n) is 4.89. The third-order valence-corrected chi connectivity index (χ3v) is 4.89. The maximum Gasteiger partial charge on any atom is 0.344 e. The SMILES string of the molecule is Cc1ccc(C(C)C)c(OCC(=O)OCC(=O)NCCc2c[nH]c3ccccc23)c1. The molecule has 30 heavy (non-hydrogen) atoms. The van der Waals surface area contributed by atoms with Gasteiger partial charge in [0.15, 0.2) is 13.2 Å². The van der Waals surface area contributed by atoms with Crippen molar-refractivity contribution in [2.45, 2.75) is 33.1 Å². The van der Waals surface area contributed by atoms with Gasteiger partial charge in [-0.25, -0.2) is 4.79 Å². The number of hydrogen-bond donors (Lipinski definition) is 2. The second kappa shape index (κ2) is 9.96. The Hall–Kier alpha value is -3.28. The summed E-state index contributed by atoms with van der Waals surface area (Å²) >= 11 is 0. The molecule has 0 spiro atoms. The van der Waals surface area contributed by atoms with Crippen LogP contribution in [-0.2, 0) is 20.7 Å². The molecule has 0 unspecified atom stereocenters. The molecule has 3 rings (SSSR count). The van der Waals surface area contributed by atoms with Crippen molar-refractivity contribution in [1.29, 1.82) is 0 Å². The maximum absolute atomic E-state index is 12.0. The first-order valence-electron chi connectivity index (χ1n) is 10.1. The molecule has 3 aromatic rings. The molecule has 0 saturated carbocycles. The molecule has 158 valence electrons. The molecule has 0 aliphatic carbocycles. The zero-order chi connectivity index (χ0) is 21.5. The summed E-state index contributed by atoms with van der Waals surface area (Å²) in [4.78, 5) is 27.1. The van der Waals surface area contributed by atoms with Crippen molar-refractivity contribution in [3.63, 3.8) is 0 Å². The number of ether oxygens (including phenoxy) is 2. The van der Waals surface area contributed by atoms with Crippen LogP contribution in [0.2, 0.25) is 0 Å². The molecule has 2 aromatic carbocycles. The molecule has 0 atom stereocenters. The molecule has 0 aliphatic rings. The van der Waals surface area contributed by atoms with Gasteiger partial charge >= 0.3 is 5.97 Å². The minimum Gasteiger partial charge on any atom is -0.482 e. The average molecular weight is 408 g/mol. The fourth-order valence-electron chi connectivity index (χ4n) is 3.29. The average Bonchev–Trinajstić information content (AvgIpc) is 3.14. The predicted molar refractivity (Wildman–Crippen MR) is 117 cm³/mol. The van der Waals surface area contributed by atoms with Gasteiger partial charge in [-0.3, -0.25) is 4.79 Å². The second-order valence-electron chi connectivity index (χ2n) is 7.60. The summed E-state index contributed by atoms with van der Waals surface area (Å²) in [7, 11) is 0. The van der Waals surface area contributed by atoms with Gasteiger partial charge in [0.05, 0.1) is 0 Å². The van der Waals surface area contributed by atoms with Gasteiger partial charge in [0.1, 0.15) is 5.75 Å². The molecule has 0 fully saturated rings. The molecule has 6 nitrogen and oxygen atoms in total. The number of hydrogen-bond acceptors (Lipinski definition) is 4. The van der Waals surface area contributed by atoms with Crippen LogP contribution in [0, 0.1) is 6.92 Å². The van der Waals surface area contributed by atoms with E-state index in [1.807, 2.05) is 55.6 Å². The molecule has 6 heteroatoms. The van der Waals surface area contributed by atoms with E-state index in [0.717, 1.165) is 27.6 Å². The third kappa shape index (κ3) is 5.63. The van der Waals surface area contributed by atoms with Crippen molar-refractivity contribution < 1.29 is 19.1 Å². The van der Waals surface area contributed by atoms with Gasteiger partial charge in [-0.15, -0.1) is 0 Å². The topological polar surface area (TPSA) is 80.4 Å². The molecule has 0 bridgehead atoms. The van der Waals surface area contributed by atoms with Gasteiger partial charge in [0, 0.05) is 23.6 Å². The van der Waals surface area contributed by atoms with Crippen LogP contribution in [0.4, 0.5) is 0 Å². The largest absolute Gasteiger partial charge is 0.482 e. The standard InChI is InChI=1S/C24H28N2O4/c1-16(2)19-9-8-17(3)12-22(19)29-15-24(28)30-14-23(27)25-11-10-18-13-26-21-7-5-4-6-20(18)21/h4-9,12-13,16,26H,10-11,14-15H2,1-3H3,(H,25,27). The number of aryl methyl sites for hydroxylation is 1. The smallest absolute Gasteiger partial charge is 0.344 e. The Kier molecular flexibility index (Phi) is 7.12. The first-order chi connectivity index (χ1) is 14.4. The van der Waals surface area contributed by atoms with E-state index < -0.39 is 5.97 Å². The number of fused-ring (bicyclic) bond motifs is 1. The Morgan fingerprint density at radius 3 is 2.70 bits per heavy atom. The van der Waals surface area contributed by atoms with E-state index in [-0.39, 0.29) is 25.0 Å². The lowest BCUT2D eigenvalue weighted by Crippen LogP contribution is -2.31. The highest BCUT2D eigenvalue weighted by molar-refractivity contribution is 5.83. The van der Waals surface area contributed by atoms with Crippen molar-refractivity contribution >= 4 is 22.8 Å². The van der Waals surface area contributed by atoms with Gasteiger partial charge in [0.2, 0.25) is 0 Å². The Morgan fingerprint density at radius 1 is 1.10 bits per heavy atom. The summed E-state index contributed by atoms with van der Waals surface area (Å²) in [6.45, 7) is 6.02. The minimum absolute atomic E-state index is 0.230. The molecule has 0 saturated heterocycles. The maximum atomic E-state index is 12.0. The van der Waals surface area contributed by atoms with Gasteiger partial charge < -0.3 is 19.8 Å². The van der Waals surface area contributed by atoms with E-state index in [1.165, 1.54) is 0 Å². The summed E-state index contributed by atoms with van der Waals surface area (Å²) in [6, 6.07) is 13.9. The van der Waals surface area contributed by atoms with Gasteiger partial charge in [0.25, 0.3) is 5.91 Å². The van der Waals surface area contributed by atoms with Crippen molar-refractivity contribution in [1.82, 2.24) is 10.3 Å². The number of carbonyl (C=O) groups excluding carboxylic acids is 2. The normalized spacial score (nSPS) is 10.9. The Labute approximate surface area is 176 Å². The van der Waals surface area contributed by atoms with Crippen LogP contribution in [0.3, 0.4) is 0 Å². The Morgan fingerprint density at radius 2 is 1.90 bits per heavy atom. The van der Waals surface area contributed by atoms with Crippen molar-refractivity contribution in [2.24, 2.45) is 0 Å². The summed E-state index contributed by atoms with van der Waals surface area (Å²) in [5.41, 5.74) is 4.29. The van der Waals surface area contributed by atoms with Crippen molar-refractivity contribution in [2.75, 3.05) is 19.8 Å². The minimum atomic E-state index is -0.571. The number of rotatable bonds is 9. The highest BCUT2D eigenvalue weighted by Gasteiger charge is 2.12. The number of benzene rings is 2. The first kappa shape index (κ1) is 21.4. The zero-order valence-electron chi connectivity index (χ0n) is 17.7. The fraction of sp³-hybridized carbons (Fsp3) is 0.333. The molecule has 1 amide bonds. The van der Waals surface area contributed by atoms with E-state index >= 15 is 0 Å². The first-order valence-corrected chi connectivity index (χ1v) is 10.1. The number of esters is 1. The second-order valence-corrected chi connectivity index (χ2v) is 7.60. The highest BCUT2D eigenvalue weighted by atomic mass is 16.6. The summed E-state index contributed by atoms with van der Waals surface area (Å²) in [5.74, 6) is 0.0456. The number of carbonyl (C=O) groups is 2. The van der Waals surface area contributed by atoms with E-state index in [1.54, 1.807) is 0 Å². The number of aromatic amines is 1. The summed E-state index contributed by atoms with van der Waals surface area (Å²) < 4.78 is 10.7. The quantitative estimate of drug-likeness (QED) is 0.527. The zero-order valence-corrected chi connectivity index (χ0v) is 17.7. The molecule has 1 aromatic heterocycles. The fourth-order valence-corrected chi connectivity index (χ4v) is 3.29. The van der Waals surface area contributed by atoms with Crippen LogP contribution in [0.1, 0.15) is 36.5 Å². The van der Waals surface area contributed by atoms with Gasteiger partial charge in [-0.2, -0.15) is 0 Å². The van der Waals surface area contributed by atoms with E-state index in [4.69, 9.17) is 9.47 Å². The number of aromatic nitrogens is 1. The molecule has 0 aliphatic heterocycles. The molecule has 2 N–H and O–H groups in total. The number of amides is 1. The Bertz CT molecular complexity index is 1020. The van der Waals surface area contributed by atoms with Crippen LogP contribution in [-0.4, -0.2) is 36.6 Å². The summed E-state index contributed by atoms with van der Waals surface area (Å²) in [6.07, 6.45) is 2.64. The molecular formula is C24H28N2O4. The van der Waals surface area contributed by atoms with Gasteiger partial charge in [-0.05, 0) is 48.1 Å². The van der Waals surface area contributed by atoms with Crippen LogP contribution in [0.5, 0.6) is 5.75 Å². The van der Waals surface area contributed by atoms with Crippen LogP contribution >= 0.6 is 0 Å². The van der Waals surface area contributed by atoms with Crippen LogP contribution in [0.15, 0.2) is 48.7 Å². The number of nitrogens with one attached hydrogen (secondary N) is 2. The number of para-hydroxylation sites is 1. The highest BCUT2D eigenvalue weighted by Crippen LogP contribution is 2.27. The van der Waals surface area contributed by atoms with Crippen molar-refractivity contribution in [3.8, 4) is 5.75 Å². The number of H-pyrrole nitrogens is 1. The predicted octanol–water partition coefficient (Wildman–Crippen LogP) is 3.88. The lowest BCUT2D eigenvalue weighted by atomic mass is 10.0. The van der Waals surface area contributed by atoms with Gasteiger partial charge in [-0.1, -0.05) is 44.2 Å². The monoisotopic (exact) mass is 408 g/mol.